The van der Waals surface area contributed by atoms with Crippen LogP contribution >= 0.6 is 31.9 Å². The second-order valence-corrected chi connectivity index (χ2v) is 6.55. The number of H-pyrrole nitrogens is 2. The fourth-order valence-corrected chi connectivity index (χ4v) is 3.39. The summed E-state index contributed by atoms with van der Waals surface area (Å²) in [6.45, 7) is 2.09. The number of aromatic amines is 2. The number of hydrogen-bond acceptors (Lipinski definition) is 2. The number of hydrogen-bond donors (Lipinski definition) is 3. The lowest BCUT2D eigenvalue weighted by Gasteiger charge is -2.18. The molecule has 1 unspecified atom stereocenters. The highest BCUT2D eigenvalue weighted by atomic mass is 79.9. The minimum atomic E-state index is -0.201. The zero-order valence-corrected chi connectivity index (χ0v) is 14.4. The number of imidazole rings is 1. The molecule has 1 aromatic heterocycles. The van der Waals surface area contributed by atoms with Crippen molar-refractivity contribution in [1.82, 2.24) is 9.97 Å². The van der Waals surface area contributed by atoms with E-state index in [4.69, 9.17) is 0 Å². The van der Waals surface area contributed by atoms with Gasteiger partial charge in [0.2, 0.25) is 0 Å². The Morgan fingerprint density at radius 1 is 1.05 bits per heavy atom. The minimum absolute atomic E-state index is 0.125. The van der Waals surface area contributed by atoms with Crippen molar-refractivity contribution in [2.24, 2.45) is 0 Å². The summed E-state index contributed by atoms with van der Waals surface area (Å²) in [5, 5.41) is 3.46. The first-order valence-electron chi connectivity index (χ1n) is 6.47. The van der Waals surface area contributed by atoms with Crippen LogP contribution in [0.25, 0.3) is 11.0 Å². The van der Waals surface area contributed by atoms with Gasteiger partial charge < -0.3 is 15.3 Å². The highest BCUT2D eigenvalue weighted by Gasteiger charge is 2.11. The van der Waals surface area contributed by atoms with Crippen molar-refractivity contribution in [3.8, 4) is 0 Å². The van der Waals surface area contributed by atoms with Crippen molar-refractivity contribution < 1.29 is 0 Å². The zero-order chi connectivity index (χ0) is 15.0. The lowest BCUT2D eigenvalue weighted by molar-refractivity contribution is 0.878. The Balaban J connectivity index is 1.96. The van der Waals surface area contributed by atoms with E-state index in [1.54, 1.807) is 0 Å². The smallest absolute Gasteiger partial charge is 0.323 e. The van der Waals surface area contributed by atoms with Gasteiger partial charge in [0.25, 0.3) is 0 Å². The molecule has 0 saturated heterocycles. The zero-order valence-electron chi connectivity index (χ0n) is 11.2. The maximum atomic E-state index is 11.3. The number of rotatable bonds is 3. The quantitative estimate of drug-likeness (QED) is 0.592. The highest BCUT2D eigenvalue weighted by molar-refractivity contribution is 9.11. The van der Waals surface area contributed by atoms with E-state index in [1.807, 2.05) is 30.3 Å². The fourth-order valence-electron chi connectivity index (χ4n) is 2.30. The molecule has 1 heterocycles. The van der Waals surface area contributed by atoms with Crippen LogP contribution in [-0.4, -0.2) is 9.97 Å². The predicted molar refractivity (Wildman–Crippen MR) is 92.8 cm³/mol. The van der Waals surface area contributed by atoms with Gasteiger partial charge in [0.1, 0.15) is 0 Å². The maximum Gasteiger partial charge on any atom is 0.323 e. The lowest BCUT2D eigenvalue weighted by Crippen LogP contribution is -2.07. The largest absolute Gasteiger partial charge is 0.378 e. The predicted octanol–water partition coefficient (Wildman–Crippen LogP) is 4.55. The molecule has 0 fully saturated rings. The molecule has 0 aliphatic heterocycles. The van der Waals surface area contributed by atoms with E-state index in [9.17, 15) is 4.79 Å². The van der Waals surface area contributed by atoms with Crippen LogP contribution in [0.3, 0.4) is 0 Å². The van der Waals surface area contributed by atoms with Crippen LogP contribution in [0, 0.1) is 0 Å². The monoisotopic (exact) mass is 409 g/mol. The number of aromatic nitrogens is 2. The lowest BCUT2D eigenvalue weighted by atomic mass is 10.1. The third-order valence-electron chi connectivity index (χ3n) is 3.35. The van der Waals surface area contributed by atoms with Gasteiger partial charge in [-0.3, -0.25) is 0 Å². The molecule has 0 saturated carbocycles. The molecule has 1 atom stereocenters. The topological polar surface area (TPSA) is 60.7 Å². The molecule has 0 aliphatic rings. The molecule has 3 N–H and O–H groups in total. The van der Waals surface area contributed by atoms with Crippen LogP contribution in [-0.2, 0) is 0 Å². The molecule has 0 aliphatic carbocycles. The Bertz CT molecular complexity index is 853. The third-order valence-corrected chi connectivity index (χ3v) is 4.73. The normalized spacial score (nSPS) is 12.5. The SMILES string of the molecule is CC(Nc1cc2[nH]c(=O)[nH]c2cc1Br)c1ccccc1Br. The van der Waals surface area contributed by atoms with Gasteiger partial charge in [-0.05, 0) is 46.6 Å². The summed E-state index contributed by atoms with van der Waals surface area (Å²) in [4.78, 5) is 16.9. The number of halogens is 2. The van der Waals surface area contributed by atoms with Gasteiger partial charge in [0.05, 0.1) is 16.7 Å². The fraction of sp³-hybridized carbons (Fsp3) is 0.133. The highest BCUT2D eigenvalue weighted by Crippen LogP contribution is 2.31. The Morgan fingerprint density at radius 2 is 1.71 bits per heavy atom. The number of benzene rings is 2. The first kappa shape index (κ1) is 14.4. The summed E-state index contributed by atoms with van der Waals surface area (Å²) in [5.41, 5.74) is 3.47. The molecule has 0 amide bonds. The molecule has 0 radical (unpaired) electrons. The van der Waals surface area contributed by atoms with Crippen LogP contribution < -0.4 is 11.0 Å². The summed E-state index contributed by atoms with van der Waals surface area (Å²) in [6.07, 6.45) is 0. The van der Waals surface area contributed by atoms with Crippen LogP contribution in [0.1, 0.15) is 18.5 Å². The van der Waals surface area contributed by atoms with E-state index in [1.165, 1.54) is 5.56 Å². The van der Waals surface area contributed by atoms with Crippen LogP contribution in [0.5, 0.6) is 0 Å². The van der Waals surface area contributed by atoms with E-state index in [0.29, 0.717) is 0 Å². The van der Waals surface area contributed by atoms with Crippen molar-refractivity contribution in [2.45, 2.75) is 13.0 Å². The molecule has 4 nitrogen and oxygen atoms in total. The summed E-state index contributed by atoms with van der Waals surface area (Å²) >= 11 is 7.10. The Kier molecular flexibility index (Phi) is 3.91. The van der Waals surface area contributed by atoms with Crippen LogP contribution in [0.4, 0.5) is 5.69 Å². The summed E-state index contributed by atoms with van der Waals surface area (Å²) in [7, 11) is 0. The standard InChI is InChI=1S/C15H13Br2N3O/c1-8(9-4-2-3-5-10(9)16)18-12-7-14-13(6-11(12)17)19-15(21)20-14/h2-8,18H,1H3,(H2,19,20,21). The number of fused-ring (bicyclic) bond motifs is 1. The average molecular weight is 411 g/mol. The van der Waals surface area contributed by atoms with Gasteiger partial charge in [-0.1, -0.05) is 34.1 Å². The summed E-state index contributed by atoms with van der Waals surface area (Å²) in [6, 6.07) is 12.0. The second-order valence-electron chi connectivity index (χ2n) is 4.84. The molecular weight excluding hydrogens is 398 g/mol. The van der Waals surface area contributed by atoms with Gasteiger partial charge in [0.15, 0.2) is 0 Å². The van der Waals surface area contributed by atoms with Crippen molar-refractivity contribution in [3.63, 3.8) is 0 Å². The van der Waals surface area contributed by atoms with Gasteiger partial charge in [0, 0.05) is 15.0 Å². The molecule has 0 bridgehead atoms. The van der Waals surface area contributed by atoms with Gasteiger partial charge in [-0.15, -0.1) is 0 Å². The van der Waals surface area contributed by atoms with E-state index < -0.39 is 0 Å². The molecule has 6 heteroatoms. The molecule has 21 heavy (non-hydrogen) atoms. The van der Waals surface area contributed by atoms with E-state index >= 15 is 0 Å². The third kappa shape index (κ3) is 2.91. The van der Waals surface area contributed by atoms with Crippen LogP contribution in [0.15, 0.2) is 50.1 Å². The minimum Gasteiger partial charge on any atom is -0.378 e. The van der Waals surface area contributed by atoms with E-state index in [2.05, 4.69) is 60.1 Å². The van der Waals surface area contributed by atoms with E-state index in [-0.39, 0.29) is 11.7 Å². The molecule has 3 aromatic rings. The van der Waals surface area contributed by atoms with Gasteiger partial charge in [-0.25, -0.2) is 4.79 Å². The second kappa shape index (κ2) is 5.69. The Labute approximate surface area is 138 Å². The Morgan fingerprint density at radius 3 is 2.43 bits per heavy atom. The molecule has 0 spiro atoms. The van der Waals surface area contributed by atoms with Crippen molar-refractivity contribution >= 4 is 48.6 Å². The van der Waals surface area contributed by atoms with Crippen LogP contribution in [0.2, 0.25) is 0 Å². The number of nitrogens with one attached hydrogen (secondary N) is 3. The first-order chi connectivity index (χ1) is 10.0. The number of anilines is 1. The first-order valence-corrected chi connectivity index (χ1v) is 8.05. The van der Waals surface area contributed by atoms with Crippen molar-refractivity contribution in [1.29, 1.82) is 0 Å². The van der Waals surface area contributed by atoms with Gasteiger partial charge in [-0.2, -0.15) is 0 Å². The average Bonchev–Trinajstić information content (AvgIpc) is 2.78. The van der Waals surface area contributed by atoms with E-state index in [0.717, 1.165) is 25.7 Å². The Hall–Kier alpha value is -1.53. The summed E-state index contributed by atoms with van der Waals surface area (Å²) < 4.78 is 1.97. The molecule has 108 valence electrons. The molecule has 3 rings (SSSR count). The summed E-state index contributed by atoms with van der Waals surface area (Å²) in [5.74, 6) is 0. The molecular formula is C15H13Br2N3O. The van der Waals surface area contributed by atoms with Gasteiger partial charge >= 0.3 is 5.69 Å². The molecule has 2 aromatic carbocycles. The van der Waals surface area contributed by atoms with Crippen molar-refractivity contribution in [2.75, 3.05) is 5.32 Å². The maximum absolute atomic E-state index is 11.3. The van der Waals surface area contributed by atoms with Crippen molar-refractivity contribution in [3.05, 3.63) is 61.4 Å².